The van der Waals surface area contributed by atoms with Gasteiger partial charge in [0, 0.05) is 22.6 Å². The summed E-state index contributed by atoms with van der Waals surface area (Å²) in [6, 6.07) is 25.2. The lowest BCUT2D eigenvalue weighted by molar-refractivity contribution is 0.443. The summed E-state index contributed by atoms with van der Waals surface area (Å²) in [6.45, 7) is 40.5. The maximum Gasteiger partial charge on any atom is 0.131 e. The lowest BCUT2D eigenvalue weighted by Crippen LogP contribution is -2.18. The zero-order valence-electron chi connectivity index (χ0n) is 43.9. The molecule has 0 bridgehead atoms. The molecule has 0 spiro atoms. The molecular formula is C61H76O6. The van der Waals surface area contributed by atoms with Crippen LogP contribution in [0.1, 0.15) is 171 Å². The van der Waals surface area contributed by atoms with Gasteiger partial charge in [-0.3, -0.25) is 0 Å². The molecule has 0 radical (unpaired) electrons. The van der Waals surface area contributed by atoms with Crippen molar-refractivity contribution in [2.45, 2.75) is 166 Å². The summed E-state index contributed by atoms with van der Waals surface area (Å²) < 4.78 is 20.2. The van der Waals surface area contributed by atoms with Crippen molar-refractivity contribution >= 4 is 0 Å². The second kappa shape index (κ2) is 18.7. The number of hydrogen-bond donors (Lipinski definition) is 3. The Bertz CT molecular complexity index is 2640. The zero-order chi connectivity index (χ0) is 49.8. The molecule has 0 fully saturated rings. The van der Waals surface area contributed by atoms with Crippen LogP contribution in [-0.4, -0.2) is 15.3 Å². The molecule has 6 rings (SSSR count). The highest BCUT2D eigenvalue weighted by atomic mass is 16.5. The maximum atomic E-state index is 10.6. The summed E-state index contributed by atoms with van der Waals surface area (Å²) in [5.41, 5.74) is 14.5. The van der Waals surface area contributed by atoms with E-state index < -0.39 is 0 Å². The molecule has 6 aromatic carbocycles. The normalized spacial score (nSPS) is 12.7. The summed E-state index contributed by atoms with van der Waals surface area (Å²) in [5, 5.41) is 31.7. The summed E-state index contributed by atoms with van der Waals surface area (Å²) in [6.07, 6.45) is 0.822. The Labute approximate surface area is 402 Å². The molecule has 1 unspecified atom stereocenters. The predicted molar refractivity (Wildman–Crippen MR) is 277 cm³/mol. The van der Waals surface area contributed by atoms with Gasteiger partial charge in [-0.05, 0) is 212 Å². The fourth-order valence-corrected chi connectivity index (χ4v) is 9.60. The van der Waals surface area contributed by atoms with Gasteiger partial charge >= 0.3 is 0 Å². The number of rotatable bonds is 11. The van der Waals surface area contributed by atoms with Crippen LogP contribution in [0.5, 0.6) is 51.7 Å². The van der Waals surface area contributed by atoms with Crippen molar-refractivity contribution in [3.05, 3.63) is 156 Å². The van der Waals surface area contributed by atoms with E-state index in [1.807, 2.05) is 77.9 Å². The third kappa shape index (κ3) is 11.0. The first-order chi connectivity index (χ1) is 30.9. The Morgan fingerprint density at radius 1 is 0.358 bits per heavy atom. The summed E-state index contributed by atoms with van der Waals surface area (Å²) >= 11 is 0. The van der Waals surface area contributed by atoms with Crippen molar-refractivity contribution in [2.75, 3.05) is 0 Å². The number of benzene rings is 6. The van der Waals surface area contributed by atoms with Crippen molar-refractivity contribution in [2.24, 2.45) is 0 Å². The Morgan fingerprint density at radius 2 is 0.597 bits per heavy atom. The number of phenolic OH excluding ortho intramolecular Hbond substituents is 3. The molecule has 0 amide bonds. The Hall–Kier alpha value is -5.88. The molecule has 6 aromatic rings. The van der Waals surface area contributed by atoms with Gasteiger partial charge in [0.2, 0.25) is 0 Å². The van der Waals surface area contributed by atoms with Crippen LogP contribution in [0.25, 0.3) is 0 Å². The minimum atomic E-state index is -0.263. The van der Waals surface area contributed by atoms with Gasteiger partial charge in [-0.25, -0.2) is 0 Å². The SMILES string of the molecule is Cc1cc(Oc2cc(C)c(O)c(C)c2)c(C(C)(C)C)cc1C(C)CC(c1cc(C(C)(C)C)c(Oc2cc(C)c(O)c(C)c2)cc1C)c1cc(C(C)(C)C)c(Oc2cc(C)c(O)c(C)c2)cc1C. The van der Waals surface area contributed by atoms with Crippen LogP contribution < -0.4 is 14.2 Å². The third-order valence-corrected chi connectivity index (χ3v) is 13.5. The zero-order valence-corrected chi connectivity index (χ0v) is 43.9. The van der Waals surface area contributed by atoms with Crippen molar-refractivity contribution < 1.29 is 29.5 Å². The van der Waals surface area contributed by atoms with Gasteiger partial charge in [0.15, 0.2) is 0 Å². The Kier molecular flexibility index (Phi) is 14.1. The Balaban J connectivity index is 1.55. The van der Waals surface area contributed by atoms with Crippen molar-refractivity contribution in [1.29, 1.82) is 0 Å². The highest BCUT2D eigenvalue weighted by Crippen LogP contribution is 2.48. The van der Waals surface area contributed by atoms with E-state index in [1.54, 1.807) is 0 Å². The summed E-state index contributed by atoms with van der Waals surface area (Å²) in [4.78, 5) is 0. The number of aromatic hydroxyl groups is 3. The van der Waals surface area contributed by atoms with E-state index in [4.69, 9.17) is 14.2 Å². The van der Waals surface area contributed by atoms with Gasteiger partial charge in [0.25, 0.3) is 0 Å². The average molecular weight is 905 g/mol. The van der Waals surface area contributed by atoms with Gasteiger partial charge in [-0.2, -0.15) is 0 Å². The van der Waals surface area contributed by atoms with E-state index in [1.165, 1.54) is 16.7 Å². The van der Waals surface area contributed by atoms with Crippen molar-refractivity contribution in [1.82, 2.24) is 0 Å². The molecule has 0 aromatic heterocycles. The van der Waals surface area contributed by atoms with Crippen molar-refractivity contribution in [3.63, 3.8) is 0 Å². The van der Waals surface area contributed by atoms with Crippen LogP contribution >= 0.6 is 0 Å². The van der Waals surface area contributed by atoms with Gasteiger partial charge in [-0.1, -0.05) is 87.4 Å². The molecule has 0 aliphatic rings. The Morgan fingerprint density at radius 3 is 0.851 bits per heavy atom. The van der Waals surface area contributed by atoms with Crippen LogP contribution in [0.15, 0.2) is 72.8 Å². The van der Waals surface area contributed by atoms with Gasteiger partial charge in [0.1, 0.15) is 51.7 Å². The molecular weight excluding hydrogens is 829 g/mol. The number of hydrogen-bond acceptors (Lipinski definition) is 6. The van der Waals surface area contributed by atoms with Crippen LogP contribution in [0.4, 0.5) is 0 Å². The number of ether oxygens (including phenoxy) is 3. The molecule has 1 atom stereocenters. The monoisotopic (exact) mass is 905 g/mol. The highest BCUT2D eigenvalue weighted by Gasteiger charge is 2.31. The predicted octanol–water partition coefficient (Wildman–Crippen LogP) is 17.2. The molecule has 6 nitrogen and oxygen atoms in total. The first kappa shape index (κ1) is 50.5. The lowest BCUT2D eigenvalue weighted by atomic mass is 9.74. The fourth-order valence-electron chi connectivity index (χ4n) is 9.60. The minimum Gasteiger partial charge on any atom is -0.507 e. The van der Waals surface area contributed by atoms with E-state index in [9.17, 15) is 15.3 Å². The van der Waals surface area contributed by atoms with E-state index in [0.29, 0.717) is 23.0 Å². The molecule has 0 saturated carbocycles. The quantitative estimate of drug-likeness (QED) is 0.120. The number of phenols is 3. The first-order valence-electron chi connectivity index (χ1n) is 23.8. The molecule has 0 saturated heterocycles. The summed E-state index contributed by atoms with van der Waals surface area (Å²) in [5.74, 6) is 5.52. The molecule has 3 N–H and O–H groups in total. The molecule has 356 valence electrons. The highest BCUT2D eigenvalue weighted by molar-refractivity contribution is 5.57. The number of aryl methyl sites for hydroxylation is 9. The molecule has 6 heteroatoms. The third-order valence-electron chi connectivity index (χ3n) is 13.5. The second-order valence-corrected chi connectivity index (χ2v) is 22.6. The van der Waals surface area contributed by atoms with Crippen molar-refractivity contribution in [3.8, 4) is 51.7 Å². The maximum absolute atomic E-state index is 10.6. The first-order valence-corrected chi connectivity index (χ1v) is 23.8. The lowest BCUT2D eigenvalue weighted by Gasteiger charge is -2.32. The van der Waals surface area contributed by atoms with Gasteiger partial charge in [-0.15, -0.1) is 0 Å². The van der Waals surface area contributed by atoms with E-state index in [2.05, 4.69) is 126 Å². The van der Waals surface area contributed by atoms with E-state index in [-0.39, 0.29) is 39.6 Å². The van der Waals surface area contributed by atoms with Gasteiger partial charge < -0.3 is 29.5 Å². The van der Waals surface area contributed by atoms with Gasteiger partial charge in [0.05, 0.1) is 0 Å². The minimum absolute atomic E-state index is 0.0204. The van der Waals surface area contributed by atoms with E-state index in [0.717, 1.165) is 90.4 Å². The van der Waals surface area contributed by atoms with Crippen LogP contribution in [-0.2, 0) is 16.2 Å². The van der Waals surface area contributed by atoms with Crippen LogP contribution in [0.2, 0.25) is 0 Å². The fraction of sp³-hybridized carbons (Fsp3) is 0.410. The molecule has 67 heavy (non-hydrogen) atoms. The molecule has 0 heterocycles. The molecule has 0 aliphatic carbocycles. The summed E-state index contributed by atoms with van der Waals surface area (Å²) in [7, 11) is 0. The van der Waals surface area contributed by atoms with Crippen LogP contribution in [0, 0.1) is 62.3 Å². The standard InChI is InChI=1S/C61H76O6/c1-33(46-30-50(59(11,12)13)53(27-34(46)2)65-43-20-37(5)56(62)38(6)21-43)26-49(47-31-51(60(14,15)16)54(28-35(47)3)66-44-22-39(7)57(63)40(8)23-44)48-32-52(61(17,18)19)55(29-36(48)4)67-45-24-41(9)58(64)42(10)25-45/h20-25,27-33,49,62-64H,26H2,1-19H3. The second-order valence-electron chi connectivity index (χ2n) is 22.6. The smallest absolute Gasteiger partial charge is 0.131 e. The van der Waals surface area contributed by atoms with Crippen LogP contribution in [0.3, 0.4) is 0 Å². The van der Waals surface area contributed by atoms with E-state index >= 15 is 0 Å². The average Bonchev–Trinajstić information content (AvgIpc) is 3.19. The topological polar surface area (TPSA) is 88.4 Å². The largest absolute Gasteiger partial charge is 0.507 e. The molecule has 0 aliphatic heterocycles.